The van der Waals surface area contributed by atoms with E-state index < -0.39 is 0 Å². The Bertz CT molecular complexity index is 1160. The Morgan fingerprint density at radius 3 is 2.44 bits per heavy atom. The van der Waals surface area contributed by atoms with Crippen LogP contribution in [0.2, 0.25) is 0 Å². The highest BCUT2D eigenvalue weighted by Crippen LogP contribution is 2.09. The van der Waals surface area contributed by atoms with Crippen molar-refractivity contribution < 1.29 is 0 Å². The van der Waals surface area contributed by atoms with Crippen LogP contribution in [0.4, 0.5) is 0 Å². The van der Waals surface area contributed by atoms with Gasteiger partial charge < -0.3 is 0 Å². The summed E-state index contributed by atoms with van der Waals surface area (Å²) < 4.78 is 2.00. The Morgan fingerprint density at radius 2 is 1.72 bits per heavy atom. The molecule has 0 spiro atoms. The highest BCUT2D eigenvalue weighted by atomic mass is 32.1. The largest absolute Gasteiger partial charge is 0.291 e. The van der Waals surface area contributed by atoms with Crippen molar-refractivity contribution in [3.63, 3.8) is 0 Å². The minimum absolute atomic E-state index is 0.133. The molecule has 4 nitrogen and oxygen atoms in total. The Morgan fingerprint density at radius 1 is 0.960 bits per heavy atom. The van der Waals surface area contributed by atoms with E-state index in [1.807, 2.05) is 60.7 Å². The van der Waals surface area contributed by atoms with Crippen LogP contribution in [0.5, 0.6) is 0 Å². The van der Waals surface area contributed by atoms with Gasteiger partial charge in [-0.3, -0.25) is 4.79 Å². The number of hydrogen-bond acceptors (Lipinski definition) is 4. The molecule has 2 aromatic carbocycles. The molecule has 0 unspecified atom stereocenters. The molecule has 0 aliphatic heterocycles. The fourth-order valence-electron chi connectivity index (χ4n) is 2.47. The lowest BCUT2D eigenvalue weighted by atomic mass is 10.1. The molecule has 4 aromatic rings. The van der Waals surface area contributed by atoms with Crippen molar-refractivity contribution in [3.05, 3.63) is 92.0 Å². The molecule has 2 heterocycles. The molecular formula is C20H15N3OS. The van der Waals surface area contributed by atoms with E-state index in [4.69, 9.17) is 0 Å². The maximum absolute atomic E-state index is 12.5. The number of rotatable bonds is 3. The first-order chi connectivity index (χ1) is 12.2. The zero-order valence-corrected chi connectivity index (χ0v) is 14.4. The topological polar surface area (TPSA) is 47.3 Å². The minimum Gasteiger partial charge on any atom is -0.266 e. The average molecular weight is 345 g/mol. The molecule has 0 N–H and O–H groups in total. The van der Waals surface area contributed by atoms with E-state index in [0.717, 1.165) is 11.1 Å². The molecule has 5 heteroatoms. The van der Waals surface area contributed by atoms with Gasteiger partial charge in [-0.1, -0.05) is 77.6 Å². The lowest BCUT2D eigenvalue weighted by molar-refractivity contribution is 0.925. The van der Waals surface area contributed by atoms with Crippen LogP contribution >= 0.6 is 11.3 Å². The minimum atomic E-state index is -0.133. The van der Waals surface area contributed by atoms with Gasteiger partial charge in [0.15, 0.2) is 5.82 Å². The Balaban J connectivity index is 1.67. The van der Waals surface area contributed by atoms with Crippen LogP contribution < -0.4 is 10.1 Å². The molecule has 122 valence electrons. The van der Waals surface area contributed by atoms with E-state index in [1.54, 1.807) is 0 Å². The van der Waals surface area contributed by atoms with Gasteiger partial charge in [-0.25, -0.2) is 0 Å². The fraction of sp³-hybridized carbons (Fsp3) is 0.0500. The van der Waals surface area contributed by atoms with Gasteiger partial charge in [0.25, 0.3) is 5.56 Å². The smallest absolute Gasteiger partial charge is 0.266 e. The van der Waals surface area contributed by atoms with Gasteiger partial charge in [-0.05, 0) is 30.2 Å². The maximum atomic E-state index is 12.5. The van der Waals surface area contributed by atoms with E-state index in [9.17, 15) is 4.79 Å². The predicted molar refractivity (Wildman–Crippen MR) is 102 cm³/mol. The molecule has 0 saturated carbocycles. The van der Waals surface area contributed by atoms with E-state index >= 15 is 0 Å². The molecule has 0 amide bonds. The standard InChI is InChI=1S/C20H15N3OS/c1-14-7-9-15(10-8-14)11-12-18-21-20-23(22-18)19(24)17(25-20)13-16-5-3-2-4-6-16/h2-13H,1H3/b12-11+,17-13+. The summed E-state index contributed by atoms with van der Waals surface area (Å²) in [5.41, 5.74) is 3.15. The first-order valence-electron chi connectivity index (χ1n) is 7.90. The average Bonchev–Trinajstić information content (AvgIpc) is 3.15. The lowest BCUT2D eigenvalue weighted by Crippen LogP contribution is -2.23. The molecule has 0 atom stereocenters. The summed E-state index contributed by atoms with van der Waals surface area (Å²) in [6.45, 7) is 2.05. The first-order valence-corrected chi connectivity index (χ1v) is 8.72. The van der Waals surface area contributed by atoms with Crippen molar-refractivity contribution >= 4 is 34.5 Å². The third-order valence-corrected chi connectivity index (χ3v) is 4.76. The first kappa shape index (κ1) is 15.5. The maximum Gasteiger partial charge on any atom is 0.291 e. The molecule has 0 fully saturated rings. The monoisotopic (exact) mass is 345 g/mol. The molecular weight excluding hydrogens is 330 g/mol. The highest BCUT2D eigenvalue weighted by Gasteiger charge is 2.08. The van der Waals surface area contributed by atoms with Crippen LogP contribution in [0, 0.1) is 6.92 Å². The Kier molecular flexibility index (Phi) is 3.99. The second-order valence-electron chi connectivity index (χ2n) is 5.73. The fourth-order valence-corrected chi connectivity index (χ4v) is 3.38. The lowest BCUT2D eigenvalue weighted by Gasteiger charge is -1.93. The zero-order valence-electron chi connectivity index (χ0n) is 13.6. The third kappa shape index (κ3) is 3.27. The summed E-state index contributed by atoms with van der Waals surface area (Å²) >= 11 is 1.35. The number of benzene rings is 2. The second-order valence-corrected chi connectivity index (χ2v) is 6.74. The molecule has 0 bridgehead atoms. The van der Waals surface area contributed by atoms with Gasteiger partial charge in [-0.15, -0.1) is 5.10 Å². The van der Waals surface area contributed by atoms with Crippen molar-refractivity contribution in [1.82, 2.24) is 14.6 Å². The number of hydrogen-bond donors (Lipinski definition) is 0. The molecule has 0 aliphatic rings. The van der Waals surface area contributed by atoms with Crippen LogP contribution in [-0.2, 0) is 0 Å². The van der Waals surface area contributed by atoms with Crippen molar-refractivity contribution in [2.24, 2.45) is 0 Å². The van der Waals surface area contributed by atoms with Crippen LogP contribution in [0.15, 0.2) is 59.4 Å². The SMILES string of the molecule is Cc1ccc(/C=C/c2nc3s/c(=C/c4ccccc4)c(=O)n3n2)cc1. The van der Waals surface area contributed by atoms with Gasteiger partial charge in [0.05, 0.1) is 4.53 Å². The summed E-state index contributed by atoms with van der Waals surface area (Å²) in [7, 11) is 0. The summed E-state index contributed by atoms with van der Waals surface area (Å²) in [5, 5.41) is 4.30. The Labute approximate surface area is 148 Å². The number of fused-ring (bicyclic) bond motifs is 1. The number of thiazole rings is 1. The van der Waals surface area contributed by atoms with Crippen molar-refractivity contribution in [2.45, 2.75) is 6.92 Å². The van der Waals surface area contributed by atoms with Gasteiger partial charge in [0.1, 0.15) is 0 Å². The van der Waals surface area contributed by atoms with Crippen molar-refractivity contribution in [3.8, 4) is 0 Å². The van der Waals surface area contributed by atoms with Gasteiger partial charge in [0.2, 0.25) is 4.96 Å². The number of aromatic nitrogens is 3. The molecule has 0 aliphatic carbocycles. The molecule has 4 rings (SSSR count). The Hall–Kier alpha value is -3.05. The predicted octanol–water partition coefficient (Wildman–Crippen LogP) is 3.18. The van der Waals surface area contributed by atoms with Crippen LogP contribution in [0.25, 0.3) is 23.2 Å². The van der Waals surface area contributed by atoms with Crippen LogP contribution in [0.1, 0.15) is 22.5 Å². The number of aryl methyl sites for hydroxylation is 1. The molecule has 25 heavy (non-hydrogen) atoms. The van der Waals surface area contributed by atoms with Crippen molar-refractivity contribution in [1.29, 1.82) is 0 Å². The van der Waals surface area contributed by atoms with Gasteiger partial charge in [-0.2, -0.15) is 9.50 Å². The number of nitrogens with zero attached hydrogens (tertiary/aromatic N) is 3. The van der Waals surface area contributed by atoms with Gasteiger partial charge >= 0.3 is 0 Å². The van der Waals surface area contributed by atoms with Crippen LogP contribution in [0.3, 0.4) is 0 Å². The quantitative estimate of drug-likeness (QED) is 0.573. The molecule has 2 aromatic heterocycles. The summed E-state index contributed by atoms with van der Waals surface area (Å²) in [5.74, 6) is 0.537. The van der Waals surface area contributed by atoms with Gasteiger partial charge in [0, 0.05) is 0 Å². The van der Waals surface area contributed by atoms with Crippen LogP contribution in [-0.4, -0.2) is 14.6 Å². The highest BCUT2D eigenvalue weighted by molar-refractivity contribution is 7.15. The summed E-state index contributed by atoms with van der Waals surface area (Å²) in [6.07, 6.45) is 5.63. The van der Waals surface area contributed by atoms with E-state index in [1.165, 1.54) is 21.4 Å². The normalized spacial score (nSPS) is 12.4. The molecule has 0 radical (unpaired) electrons. The summed E-state index contributed by atoms with van der Waals surface area (Å²) in [6, 6.07) is 18.0. The van der Waals surface area contributed by atoms with E-state index in [-0.39, 0.29) is 5.56 Å². The van der Waals surface area contributed by atoms with E-state index in [0.29, 0.717) is 15.3 Å². The third-order valence-electron chi connectivity index (χ3n) is 3.80. The van der Waals surface area contributed by atoms with E-state index in [2.05, 4.69) is 29.1 Å². The second kappa shape index (κ2) is 6.45. The molecule has 0 saturated heterocycles. The zero-order chi connectivity index (χ0) is 17.2. The summed E-state index contributed by atoms with van der Waals surface area (Å²) in [4.78, 5) is 17.5. The van der Waals surface area contributed by atoms with Crippen molar-refractivity contribution in [2.75, 3.05) is 0 Å².